The average Bonchev–Trinajstić information content (AvgIpc) is 2.85. The first-order valence-corrected chi connectivity index (χ1v) is 29.9. The van der Waals surface area contributed by atoms with Crippen LogP contribution in [0.5, 0.6) is 0 Å². The van der Waals surface area contributed by atoms with Gasteiger partial charge in [0.2, 0.25) is 0 Å². The van der Waals surface area contributed by atoms with Gasteiger partial charge < -0.3 is 9.97 Å². The number of aromatic amines is 2. The number of likely N-dealkylation sites (tertiary alicyclic amines) is 2. The van der Waals surface area contributed by atoms with Crippen molar-refractivity contribution in [1.29, 1.82) is 0 Å². The van der Waals surface area contributed by atoms with Crippen molar-refractivity contribution in [2.45, 2.75) is 50.9 Å². The summed E-state index contributed by atoms with van der Waals surface area (Å²) >= 11 is 0. The third-order valence-corrected chi connectivity index (χ3v) is 17.6. The van der Waals surface area contributed by atoms with E-state index in [1.54, 1.807) is 0 Å². The lowest BCUT2D eigenvalue weighted by molar-refractivity contribution is 0.180. The highest BCUT2D eigenvalue weighted by Gasteiger charge is 2.26. The van der Waals surface area contributed by atoms with Crippen LogP contribution in [0.25, 0.3) is 111 Å². The number of nitrogens with zero attached hydrogens (tertiary/aromatic N) is 8. The Morgan fingerprint density at radius 3 is 1.12 bits per heavy atom. The van der Waals surface area contributed by atoms with Gasteiger partial charge in [-0.25, -0.2) is 29.5 Å². The summed E-state index contributed by atoms with van der Waals surface area (Å²) < 4.78 is 3.92. The quantitative estimate of drug-likeness (QED) is 0.129. The van der Waals surface area contributed by atoms with Crippen LogP contribution in [0.4, 0.5) is 0 Å². The molecule has 0 radical (unpaired) electrons. The fourth-order valence-electron chi connectivity index (χ4n) is 13.2. The zero-order chi connectivity index (χ0) is 57.5. The monoisotopic (exact) mass is 1120 g/mol. The van der Waals surface area contributed by atoms with E-state index in [1.165, 1.54) is 11.1 Å². The first-order valence-electron chi connectivity index (χ1n) is 29.9. The topological polar surface area (TPSA) is 134 Å². The zero-order valence-corrected chi connectivity index (χ0v) is 47.6. The number of H-pyrrole nitrogens is 2. The first-order chi connectivity index (χ1) is 42.4. The number of hydrogen-bond donors (Lipinski definition) is 2. The number of hydrogen-bond acceptors (Lipinski definition) is 8. The van der Waals surface area contributed by atoms with Gasteiger partial charge >= 0.3 is 11.4 Å². The number of para-hydroxylation sites is 4. The molecule has 0 atom stereocenters. The number of nitrogens with one attached hydrogen (secondary N) is 2. The van der Waals surface area contributed by atoms with Crippen LogP contribution in [0.1, 0.15) is 48.9 Å². The minimum Gasteiger partial charge on any atom is -0.306 e. The molecule has 0 bridgehead atoms. The van der Waals surface area contributed by atoms with E-state index in [0.717, 1.165) is 176 Å². The fourth-order valence-corrected chi connectivity index (χ4v) is 13.2. The van der Waals surface area contributed by atoms with Crippen LogP contribution in [0.15, 0.2) is 240 Å². The third-order valence-electron chi connectivity index (χ3n) is 17.6. The second kappa shape index (κ2) is 22.8. The molecule has 12 heteroatoms. The normalized spacial score (nSPS) is 14.6. The van der Waals surface area contributed by atoms with Crippen molar-refractivity contribution in [3.63, 3.8) is 0 Å². The Hall–Kier alpha value is -10.1. The Morgan fingerprint density at radius 2 is 0.698 bits per heavy atom. The second-order valence-corrected chi connectivity index (χ2v) is 22.9. The maximum atomic E-state index is 12.7. The maximum Gasteiger partial charge on any atom is 0.326 e. The lowest BCUT2D eigenvalue weighted by Gasteiger charge is -2.32. The van der Waals surface area contributed by atoms with Gasteiger partial charge in [-0.15, -0.1) is 0 Å². The molecule has 0 spiro atoms. The Labute approximate surface area is 496 Å². The predicted molar refractivity (Wildman–Crippen MR) is 348 cm³/mol. The van der Waals surface area contributed by atoms with Crippen LogP contribution in [-0.2, 0) is 13.1 Å². The van der Waals surface area contributed by atoms with Crippen molar-refractivity contribution >= 4 is 65.7 Å². The van der Waals surface area contributed by atoms with E-state index in [2.05, 4.69) is 177 Å². The van der Waals surface area contributed by atoms with Crippen LogP contribution in [0.3, 0.4) is 0 Å². The molecule has 86 heavy (non-hydrogen) atoms. The first kappa shape index (κ1) is 52.6. The molecule has 420 valence electrons. The van der Waals surface area contributed by atoms with Crippen LogP contribution in [0, 0.1) is 0 Å². The van der Waals surface area contributed by atoms with Gasteiger partial charge in [-0.05, 0) is 84.0 Å². The summed E-state index contributed by atoms with van der Waals surface area (Å²) in [5.41, 5.74) is 17.8. The Morgan fingerprint density at radius 1 is 0.349 bits per heavy atom. The molecular weight excluding hydrogens is 1060 g/mol. The SMILES string of the molecule is O=c1[nH]c2ccccc2n1C1CCN(Cc2ccc(-c3nc4c(ccc5ccccc54)nc3-c3ccccc3)cc2)CC1.O=c1[nH]c2ccccc2n1C1CCN(Cc2ccc(-c3nc4ccc5ccccc5c4nc3-c3ccccc3)cc2)CC1. The molecule has 12 nitrogen and oxygen atoms in total. The molecule has 2 N–H and O–H groups in total. The molecule has 0 unspecified atom stereocenters. The van der Waals surface area contributed by atoms with Crippen molar-refractivity contribution in [2.75, 3.05) is 26.2 Å². The minimum absolute atomic E-state index is 0.00455. The molecule has 16 rings (SSSR count). The molecule has 2 aliphatic rings. The van der Waals surface area contributed by atoms with E-state index in [0.29, 0.717) is 0 Å². The molecule has 6 heterocycles. The van der Waals surface area contributed by atoms with Gasteiger partial charge in [0.15, 0.2) is 0 Å². The van der Waals surface area contributed by atoms with Crippen molar-refractivity contribution in [2.24, 2.45) is 0 Å². The van der Waals surface area contributed by atoms with Gasteiger partial charge in [-0.2, -0.15) is 0 Å². The van der Waals surface area contributed by atoms with E-state index < -0.39 is 0 Å². The molecule has 0 saturated carbocycles. The van der Waals surface area contributed by atoms with E-state index >= 15 is 0 Å². The average molecular weight is 1120 g/mol. The van der Waals surface area contributed by atoms with Crippen LogP contribution < -0.4 is 11.4 Å². The smallest absolute Gasteiger partial charge is 0.306 e. The summed E-state index contributed by atoms with van der Waals surface area (Å²) in [5.74, 6) is 0. The highest BCUT2D eigenvalue weighted by Crippen LogP contribution is 2.37. The second-order valence-electron chi connectivity index (χ2n) is 22.9. The number of fused-ring (bicyclic) bond motifs is 8. The molecule has 2 saturated heterocycles. The highest BCUT2D eigenvalue weighted by molar-refractivity contribution is 6.06. The van der Waals surface area contributed by atoms with Gasteiger partial charge in [-0.1, -0.05) is 194 Å². The molecule has 2 fully saturated rings. The lowest BCUT2D eigenvalue weighted by Crippen LogP contribution is -2.36. The van der Waals surface area contributed by atoms with E-state index in [-0.39, 0.29) is 23.5 Å². The van der Waals surface area contributed by atoms with E-state index in [9.17, 15) is 9.59 Å². The summed E-state index contributed by atoms with van der Waals surface area (Å²) in [6, 6.07) is 79.8. The van der Waals surface area contributed by atoms with Gasteiger partial charge in [0.05, 0.1) is 66.9 Å². The molecule has 10 aromatic carbocycles. The van der Waals surface area contributed by atoms with Gasteiger partial charge in [0.1, 0.15) is 0 Å². The Kier molecular flexibility index (Phi) is 14.0. The van der Waals surface area contributed by atoms with E-state index in [4.69, 9.17) is 19.9 Å². The van der Waals surface area contributed by atoms with Crippen molar-refractivity contribution < 1.29 is 0 Å². The number of imidazole rings is 2. The fraction of sp³-hybridized carbons (Fsp3) is 0.162. The minimum atomic E-state index is -0.00472. The number of rotatable bonds is 10. The number of aromatic nitrogens is 8. The maximum absolute atomic E-state index is 12.7. The molecule has 0 aliphatic carbocycles. The standard InChI is InChI=1S/2C37H31N5O/c43-37-39-31-12-6-7-13-33(31)42(37)29-20-22-41(23-21-29)24-25-14-16-28(17-15-25)34-35(27-9-2-1-3-10-27)40-36-30-11-5-4-8-26(30)18-19-32(36)38-34;43-37-39-31-12-6-7-13-33(31)42(37)29-20-22-41(23-21-29)24-25-14-16-28(17-15-25)35-34(27-9-2-1-3-10-27)38-32-19-18-26-8-4-5-11-30(26)36(32)40-35/h2*1-19,29H,20-24H2,(H,39,43). The highest BCUT2D eigenvalue weighted by atomic mass is 16.1. The van der Waals surface area contributed by atoms with Crippen molar-refractivity contribution in [3.8, 4) is 45.0 Å². The van der Waals surface area contributed by atoms with Crippen LogP contribution in [0.2, 0.25) is 0 Å². The summed E-state index contributed by atoms with van der Waals surface area (Å²) in [4.78, 5) is 57.2. The van der Waals surface area contributed by atoms with Crippen molar-refractivity contribution in [1.82, 2.24) is 48.8 Å². The van der Waals surface area contributed by atoms with Crippen LogP contribution >= 0.6 is 0 Å². The summed E-state index contributed by atoms with van der Waals surface area (Å²) in [6.07, 6.45) is 3.84. The third kappa shape index (κ3) is 10.2. The zero-order valence-electron chi connectivity index (χ0n) is 47.6. The number of benzene rings is 10. The Balaban J connectivity index is 0.000000145. The number of piperidine rings is 2. The van der Waals surface area contributed by atoms with Crippen molar-refractivity contribution in [3.05, 3.63) is 263 Å². The molecular formula is C74H62N10O2. The van der Waals surface area contributed by atoms with Gasteiger partial charge in [0.25, 0.3) is 0 Å². The summed E-state index contributed by atoms with van der Waals surface area (Å²) in [5, 5.41) is 4.56. The van der Waals surface area contributed by atoms with Gasteiger partial charge in [-0.3, -0.25) is 18.9 Å². The molecule has 0 amide bonds. The van der Waals surface area contributed by atoms with Crippen LogP contribution in [-0.4, -0.2) is 75.0 Å². The molecule has 2 aliphatic heterocycles. The molecule has 14 aromatic rings. The van der Waals surface area contributed by atoms with E-state index in [1.807, 2.05) is 81.9 Å². The lowest BCUT2D eigenvalue weighted by atomic mass is 10.0. The largest absolute Gasteiger partial charge is 0.326 e. The van der Waals surface area contributed by atoms with Gasteiger partial charge in [0, 0.05) is 84.4 Å². The predicted octanol–water partition coefficient (Wildman–Crippen LogP) is 15.2. The summed E-state index contributed by atoms with van der Waals surface area (Å²) in [7, 11) is 0. The summed E-state index contributed by atoms with van der Waals surface area (Å²) in [6.45, 7) is 5.60. The molecule has 4 aromatic heterocycles. The Bertz CT molecular complexity index is 4900.